The summed E-state index contributed by atoms with van der Waals surface area (Å²) in [4.78, 5) is 17.6. The van der Waals surface area contributed by atoms with Crippen molar-refractivity contribution in [1.82, 2.24) is 25.1 Å². The van der Waals surface area contributed by atoms with E-state index in [1.165, 1.54) is 15.2 Å². The summed E-state index contributed by atoms with van der Waals surface area (Å²) in [5.41, 5.74) is 2.19. The van der Waals surface area contributed by atoms with Crippen LogP contribution in [0.4, 0.5) is 0 Å². The van der Waals surface area contributed by atoms with E-state index in [4.69, 9.17) is 0 Å². The van der Waals surface area contributed by atoms with Crippen LogP contribution >= 0.6 is 11.3 Å². The van der Waals surface area contributed by atoms with Crippen molar-refractivity contribution in [3.63, 3.8) is 0 Å². The molecule has 0 fully saturated rings. The molecule has 128 valence electrons. The molecular formula is C18H19N5OS. The maximum atomic E-state index is 12.8. The second kappa shape index (κ2) is 6.76. The monoisotopic (exact) mass is 353 g/mol. The number of hydrogen-bond acceptors (Lipinski definition) is 5. The van der Waals surface area contributed by atoms with Crippen LogP contribution in [-0.4, -0.2) is 37.6 Å². The number of benzene rings is 1. The minimum atomic E-state index is 0.0423. The van der Waals surface area contributed by atoms with Crippen LogP contribution in [0.3, 0.4) is 0 Å². The Kier molecular flexibility index (Phi) is 4.31. The van der Waals surface area contributed by atoms with Crippen LogP contribution in [0.2, 0.25) is 0 Å². The zero-order valence-corrected chi connectivity index (χ0v) is 14.8. The standard InChI is InChI=1S/C18H19N5OS/c1-2-15-14-9-11-25-16(14)8-10-22(15)17(24)12-23-20-18(19-21-23)13-6-4-3-5-7-13/h3-7,9,11,15H,2,8,10,12H2,1H3/t15-/m0/s1. The van der Waals surface area contributed by atoms with E-state index in [0.717, 1.165) is 24.9 Å². The topological polar surface area (TPSA) is 63.9 Å². The fraction of sp³-hybridized carbons (Fsp3) is 0.333. The third-order valence-electron chi connectivity index (χ3n) is 4.56. The van der Waals surface area contributed by atoms with Crippen molar-refractivity contribution >= 4 is 17.2 Å². The zero-order valence-electron chi connectivity index (χ0n) is 14.0. The molecular weight excluding hydrogens is 334 g/mol. The lowest BCUT2D eigenvalue weighted by Crippen LogP contribution is -2.41. The molecule has 1 aromatic carbocycles. The van der Waals surface area contributed by atoms with Gasteiger partial charge in [0.05, 0.1) is 6.04 Å². The lowest BCUT2D eigenvalue weighted by molar-refractivity contribution is -0.135. The molecule has 3 heterocycles. The molecule has 0 saturated heterocycles. The van der Waals surface area contributed by atoms with Gasteiger partial charge in [-0.05, 0) is 35.1 Å². The minimum Gasteiger partial charge on any atom is -0.334 e. The van der Waals surface area contributed by atoms with E-state index >= 15 is 0 Å². The number of thiophene rings is 1. The van der Waals surface area contributed by atoms with Crippen molar-refractivity contribution in [3.8, 4) is 11.4 Å². The van der Waals surface area contributed by atoms with Crippen LogP contribution in [-0.2, 0) is 17.8 Å². The van der Waals surface area contributed by atoms with E-state index in [-0.39, 0.29) is 18.5 Å². The Balaban J connectivity index is 1.50. The molecule has 3 aromatic rings. The van der Waals surface area contributed by atoms with Gasteiger partial charge in [-0.25, -0.2) is 0 Å². The van der Waals surface area contributed by atoms with Crippen molar-refractivity contribution in [1.29, 1.82) is 0 Å². The highest BCUT2D eigenvalue weighted by molar-refractivity contribution is 7.10. The Morgan fingerprint density at radius 3 is 2.92 bits per heavy atom. The predicted molar refractivity (Wildman–Crippen MR) is 96.0 cm³/mol. The summed E-state index contributed by atoms with van der Waals surface area (Å²) in [6.07, 6.45) is 1.84. The summed E-state index contributed by atoms with van der Waals surface area (Å²) in [6, 6.07) is 12.0. The average molecular weight is 353 g/mol. The molecule has 1 atom stereocenters. The van der Waals surface area contributed by atoms with E-state index < -0.39 is 0 Å². The predicted octanol–water partition coefficient (Wildman–Crippen LogP) is 2.94. The first kappa shape index (κ1) is 16.0. The number of nitrogens with zero attached hydrogens (tertiary/aromatic N) is 5. The van der Waals surface area contributed by atoms with Gasteiger partial charge in [0.25, 0.3) is 0 Å². The number of aromatic nitrogens is 4. The summed E-state index contributed by atoms with van der Waals surface area (Å²) in [7, 11) is 0. The first-order valence-corrected chi connectivity index (χ1v) is 9.33. The molecule has 7 heteroatoms. The van der Waals surface area contributed by atoms with Crippen LogP contribution in [0.1, 0.15) is 29.8 Å². The van der Waals surface area contributed by atoms with Gasteiger partial charge in [-0.15, -0.1) is 21.5 Å². The largest absolute Gasteiger partial charge is 0.334 e. The molecule has 1 amide bonds. The third-order valence-corrected chi connectivity index (χ3v) is 5.56. The van der Waals surface area contributed by atoms with Gasteiger partial charge in [-0.3, -0.25) is 4.79 Å². The van der Waals surface area contributed by atoms with Crippen molar-refractivity contribution in [3.05, 3.63) is 52.2 Å². The highest BCUT2D eigenvalue weighted by atomic mass is 32.1. The van der Waals surface area contributed by atoms with Gasteiger partial charge < -0.3 is 4.90 Å². The van der Waals surface area contributed by atoms with Crippen LogP contribution in [0.25, 0.3) is 11.4 Å². The Bertz CT molecular complexity index is 872. The number of tetrazole rings is 1. The smallest absolute Gasteiger partial charge is 0.246 e. The average Bonchev–Trinajstić information content (AvgIpc) is 3.30. The summed E-state index contributed by atoms with van der Waals surface area (Å²) in [5, 5.41) is 14.6. The molecule has 6 nitrogen and oxygen atoms in total. The number of carbonyl (C=O) groups excluding carboxylic acids is 1. The van der Waals surface area contributed by atoms with Crippen LogP contribution in [0, 0.1) is 0 Å². The van der Waals surface area contributed by atoms with E-state index in [9.17, 15) is 4.79 Å². The number of fused-ring (bicyclic) bond motifs is 1. The van der Waals surface area contributed by atoms with Gasteiger partial charge in [0.15, 0.2) is 0 Å². The van der Waals surface area contributed by atoms with Gasteiger partial charge in [-0.1, -0.05) is 37.3 Å². The van der Waals surface area contributed by atoms with E-state index in [2.05, 4.69) is 33.8 Å². The zero-order chi connectivity index (χ0) is 17.2. The normalized spacial score (nSPS) is 16.7. The molecule has 0 radical (unpaired) electrons. The van der Waals surface area contributed by atoms with Crippen molar-refractivity contribution < 1.29 is 4.79 Å². The fourth-order valence-corrected chi connectivity index (χ4v) is 4.29. The summed E-state index contributed by atoms with van der Waals surface area (Å²) < 4.78 is 0. The van der Waals surface area contributed by atoms with Crippen LogP contribution in [0.5, 0.6) is 0 Å². The molecule has 4 rings (SSSR count). The molecule has 0 N–H and O–H groups in total. The molecule has 0 unspecified atom stereocenters. The molecule has 0 bridgehead atoms. The lowest BCUT2D eigenvalue weighted by atomic mass is 9.98. The second-order valence-electron chi connectivity index (χ2n) is 6.07. The first-order valence-electron chi connectivity index (χ1n) is 8.45. The van der Waals surface area contributed by atoms with Gasteiger partial charge in [0, 0.05) is 17.0 Å². The summed E-state index contributed by atoms with van der Waals surface area (Å²) in [6.45, 7) is 3.00. The Morgan fingerprint density at radius 2 is 2.12 bits per heavy atom. The maximum Gasteiger partial charge on any atom is 0.246 e. The Hall–Kier alpha value is -2.54. The minimum absolute atomic E-state index is 0.0423. The number of hydrogen-bond donors (Lipinski definition) is 0. The second-order valence-corrected chi connectivity index (χ2v) is 7.07. The lowest BCUT2D eigenvalue weighted by Gasteiger charge is -2.35. The Morgan fingerprint density at radius 1 is 1.28 bits per heavy atom. The van der Waals surface area contributed by atoms with Crippen molar-refractivity contribution in [2.45, 2.75) is 32.4 Å². The van der Waals surface area contributed by atoms with Gasteiger partial charge in [0.2, 0.25) is 11.7 Å². The molecule has 2 aromatic heterocycles. The molecule has 25 heavy (non-hydrogen) atoms. The summed E-state index contributed by atoms with van der Waals surface area (Å²) >= 11 is 1.79. The molecule has 0 aliphatic carbocycles. The molecule has 0 spiro atoms. The van der Waals surface area contributed by atoms with Crippen molar-refractivity contribution in [2.75, 3.05) is 6.54 Å². The highest BCUT2D eigenvalue weighted by Gasteiger charge is 2.30. The van der Waals surface area contributed by atoms with Crippen LogP contribution < -0.4 is 0 Å². The fourth-order valence-electron chi connectivity index (χ4n) is 3.36. The van der Waals surface area contributed by atoms with Gasteiger partial charge >= 0.3 is 0 Å². The third kappa shape index (κ3) is 3.07. The van der Waals surface area contributed by atoms with Crippen molar-refractivity contribution in [2.24, 2.45) is 0 Å². The number of amides is 1. The van der Waals surface area contributed by atoms with E-state index in [1.54, 1.807) is 11.3 Å². The SMILES string of the molecule is CC[C@H]1c2ccsc2CCN1C(=O)Cn1nnc(-c2ccccc2)n1. The number of rotatable bonds is 4. The molecule has 0 saturated carbocycles. The van der Waals surface area contributed by atoms with Gasteiger partial charge in [-0.2, -0.15) is 4.80 Å². The number of carbonyl (C=O) groups is 1. The Labute approximate surface area is 150 Å². The first-order chi connectivity index (χ1) is 12.3. The maximum absolute atomic E-state index is 12.8. The van der Waals surface area contributed by atoms with Gasteiger partial charge in [0.1, 0.15) is 6.54 Å². The highest BCUT2D eigenvalue weighted by Crippen LogP contribution is 2.35. The molecule has 1 aliphatic heterocycles. The summed E-state index contributed by atoms with van der Waals surface area (Å²) in [5.74, 6) is 0.583. The quantitative estimate of drug-likeness (QED) is 0.723. The van der Waals surface area contributed by atoms with E-state index in [1.807, 2.05) is 35.2 Å². The van der Waals surface area contributed by atoms with E-state index in [0.29, 0.717) is 5.82 Å². The molecule has 1 aliphatic rings. The van der Waals surface area contributed by atoms with Crippen LogP contribution in [0.15, 0.2) is 41.8 Å².